The summed E-state index contributed by atoms with van der Waals surface area (Å²) in [4.78, 5) is 56.4. The Kier molecular flexibility index (Phi) is 5.92. The van der Waals surface area contributed by atoms with E-state index in [1.54, 1.807) is 44.3 Å². The smallest absolute Gasteiger partial charge is 0.276 e. The van der Waals surface area contributed by atoms with Crippen molar-refractivity contribution in [3.05, 3.63) is 83.9 Å². The van der Waals surface area contributed by atoms with Crippen LogP contribution in [0.3, 0.4) is 0 Å². The standard InChI is InChI=1S/C27H24N6O4/c1-16-12-32-13-19(17-6-8-21(9-7-17)33-15-23(34)31(2)14-24(33)35)11-22(32)25(29-16)27(37)30-20-5-3-4-18(10-20)26(28)36/h3-13H,14-15H2,1-2H3,(H2,28,36)(H,30,37). The van der Waals surface area contributed by atoms with Crippen molar-refractivity contribution in [1.29, 1.82) is 0 Å². The van der Waals surface area contributed by atoms with E-state index in [-0.39, 0.29) is 36.2 Å². The van der Waals surface area contributed by atoms with E-state index in [0.29, 0.717) is 22.6 Å². The van der Waals surface area contributed by atoms with E-state index in [9.17, 15) is 19.2 Å². The van der Waals surface area contributed by atoms with Crippen LogP contribution in [0.4, 0.5) is 11.4 Å². The summed E-state index contributed by atoms with van der Waals surface area (Å²) in [5.74, 6) is -1.26. The molecule has 10 heteroatoms. The molecule has 1 saturated heterocycles. The number of aromatic nitrogens is 2. The predicted octanol–water partition coefficient (Wildman–Crippen LogP) is 2.47. The minimum Gasteiger partial charge on any atom is -0.366 e. The normalized spacial score (nSPS) is 13.8. The second-order valence-corrected chi connectivity index (χ2v) is 8.93. The van der Waals surface area contributed by atoms with Gasteiger partial charge >= 0.3 is 0 Å². The van der Waals surface area contributed by atoms with Crippen molar-refractivity contribution in [3.8, 4) is 11.1 Å². The number of carbonyl (C=O) groups is 4. The molecule has 0 spiro atoms. The van der Waals surface area contributed by atoms with Crippen molar-refractivity contribution in [2.45, 2.75) is 6.92 Å². The molecule has 1 aliphatic rings. The highest BCUT2D eigenvalue weighted by atomic mass is 16.2. The molecule has 186 valence electrons. The fourth-order valence-corrected chi connectivity index (χ4v) is 4.29. The number of amides is 4. The van der Waals surface area contributed by atoms with Gasteiger partial charge in [-0.15, -0.1) is 0 Å². The molecule has 0 saturated carbocycles. The lowest BCUT2D eigenvalue weighted by Gasteiger charge is -2.31. The van der Waals surface area contributed by atoms with Crippen LogP contribution in [0, 0.1) is 6.92 Å². The number of carbonyl (C=O) groups excluding carboxylic acids is 4. The number of nitrogens with two attached hydrogens (primary N) is 1. The summed E-state index contributed by atoms with van der Waals surface area (Å²) in [6.45, 7) is 1.86. The highest BCUT2D eigenvalue weighted by Gasteiger charge is 2.28. The van der Waals surface area contributed by atoms with E-state index in [2.05, 4.69) is 10.3 Å². The second kappa shape index (κ2) is 9.23. The number of aryl methyl sites for hydroxylation is 1. The summed E-state index contributed by atoms with van der Waals surface area (Å²) in [5, 5.41) is 2.79. The lowest BCUT2D eigenvalue weighted by molar-refractivity contribution is -0.136. The largest absolute Gasteiger partial charge is 0.366 e. The Bertz CT molecular complexity index is 1570. The van der Waals surface area contributed by atoms with Crippen LogP contribution in [0.25, 0.3) is 16.6 Å². The number of hydrogen-bond donors (Lipinski definition) is 2. The van der Waals surface area contributed by atoms with Crippen LogP contribution in [0.1, 0.15) is 26.5 Å². The second-order valence-electron chi connectivity index (χ2n) is 8.93. The number of nitrogens with zero attached hydrogens (tertiary/aromatic N) is 4. The zero-order valence-electron chi connectivity index (χ0n) is 20.3. The van der Waals surface area contributed by atoms with E-state index in [1.165, 1.54) is 15.9 Å². The van der Waals surface area contributed by atoms with Gasteiger partial charge in [-0.2, -0.15) is 0 Å². The highest BCUT2D eigenvalue weighted by molar-refractivity contribution is 6.08. The lowest BCUT2D eigenvalue weighted by atomic mass is 10.1. The van der Waals surface area contributed by atoms with Crippen molar-refractivity contribution in [2.24, 2.45) is 5.73 Å². The molecule has 3 N–H and O–H groups in total. The number of rotatable bonds is 5. The van der Waals surface area contributed by atoms with Gasteiger partial charge < -0.3 is 25.3 Å². The molecule has 37 heavy (non-hydrogen) atoms. The van der Waals surface area contributed by atoms with Crippen LogP contribution in [0.15, 0.2) is 67.0 Å². The topological polar surface area (TPSA) is 130 Å². The number of nitrogens with one attached hydrogen (secondary N) is 1. The Balaban J connectivity index is 1.43. The average molecular weight is 497 g/mol. The first-order valence-corrected chi connectivity index (χ1v) is 11.5. The number of piperazine rings is 1. The fraction of sp³-hybridized carbons (Fsp3) is 0.148. The summed E-state index contributed by atoms with van der Waals surface area (Å²) in [6, 6.07) is 15.6. The number of hydrogen-bond acceptors (Lipinski definition) is 5. The van der Waals surface area contributed by atoms with Crippen LogP contribution >= 0.6 is 0 Å². The summed E-state index contributed by atoms with van der Waals surface area (Å²) in [6.07, 6.45) is 3.72. The third-order valence-corrected chi connectivity index (χ3v) is 6.23. The molecule has 3 heterocycles. The highest BCUT2D eigenvalue weighted by Crippen LogP contribution is 2.28. The molecule has 0 aliphatic carbocycles. The maximum absolute atomic E-state index is 13.1. The van der Waals surface area contributed by atoms with E-state index >= 15 is 0 Å². The van der Waals surface area contributed by atoms with Crippen molar-refractivity contribution >= 4 is 40.5 Å². The van der Waals surface area contributed by atoms with Crippen molar-refractivity contribution < 1.29 is 19.2 Å². The quantitative estimate of drug-likeness (QED) is 0.438. The first kappa shape index (κ1) is 23.7. The number of anilines is 2. The van der Waals surface area contributed by atoms with Gasteiger partial charge in [0.1, 0.15) is 6.54 Å². The molecule has 5 rings (SSSR count). The molecule has 0 unspecified atom stereocenters. The van der Waals surface area contributed by atoms with Gasteiger partial charge in [0.2, 0.25) is 17.7 Å². The molecular formula is C27H24N6O4. The molecule has 10 nitrogen and oxygen atoms in total. The number of benzene rings is 2. The first-order chi connectivity index (χ1) is 17.7. The van der Waals surface area contributed by atoms with E-state index in [4.69, 9.17) is 5.73 Å². The van der Waals surface area contributed by atoms with Crippen molar-refractivity contribution in [3.63, 3.8) is 0 Å². The molecular weight excluding hydrogens is 472 g/mol. The van der Waals surface area contributed by atoms with Crippen LogP contribution in [0.5, 0.6) is 0 Å². The van der Waals surface area contributed by atoms with Gasteiger partial charge in [0.05, 0.1) is 17.8 Å². The molecule has 2 aromatic heterocycles. The molecule has 4 aromatic rings. The van der Waals surface area contributed by atoms with Crippen molar-refractivity contribution in [2.75, 3.05) is 30.4 Å². The maximum atomic E-state index is 13.1. The van der Waals surface area contributed by atoms with E-state index in [1.807, 2.05) is 35.0 Å². The minimum absolute atomic E-state index is 0.0105. The number of fused-ring (bicyclic) bond motifs is 1. The van der Waals surface area contributed by atoms with Gasteiger partial charge in [0, 0.05) is 41.9 Å². The third-order valence-electron chi connectivity index (χ3n) is 6.23. The minimum atomic E-state index is -0.585. The molecule has 1 aliphatic heterocycles. The van der Waals surface area contributed by atoms with Crippen LogP contribution in [0.2, 0.25) is 0 Å². The van der Waals surface area contributed by atoms with Gasteiger partial charge in [0.15, 0.2) is 5.69 Å². The Labute approximate surface area is 212 Å². The van der Waals surface area contributed by atoms with Crippen LogP contribution in [-0.4, -0.2) is 58.1 Å². The molecule has 1 fully saturated rings. The monoisotopic (exact) mass is 496 g/mol. The van der Waals surface area contributed by atoms with Gasteiger partial charge in [-0.25, -0.2) is 4.98 Å². The number of primary amides is 1. The molecule has 0 atom stereocenters. The molecule has 4 amide bonds. The first-order valence-electron chi connectivity index (χ1n) is 11.5. The summed E-state index contributed by atoms with van der Waals surface area (Å²) < 4.78 is 1.84. The molecule has 2 aromatic carbocycles. The van der Waals surface area contributed by atoms with Crippen LogP contribution in [-0.2, 0) is 9.59 Å². The average Bonchev–Trinajstić information content (AvgIpc) is 3.30. The van der Waals surface area contributed by atoms with Gasteiger partial charge in [-0.05, 0) is 48.9 Å². The Morgan fingerprint density at radius 1 is 0.946 bits per heavy atom. The van der Waals surface area contributed by atoms with Crippen LogP contribution < -0.4 is 16.0 Å². The Morgan fingerprint density at radius 2 is 1.70 bits per heavy atom. The number of likely N-dealkylation sites (N-methyl/N-ethyl adjacent to an activating group) is 1. The summed E-state index contributed by atoms with van der Waals surface area (Å²) in [5.41, 5.74) is 9.92. The van der Waals surface area contributed by atoms with Gasteiger partial charge in [-0.3, -0.25) is 19.2 Å². The SMILES string of the molecule is Cc1cn2cc(-c3ccc(N4CC(=O)N(C)CC4=O)cc3)cc2c(C(=O)Nc2cccc(C(N)=O)c2)n1. The van der Waals surface area contributed by atoms with Gasteiger partial charge in [-0.1, -0.05) is 18.2 Å². The van der Waals surface area contributed by atoms with Gasteiger partial charge in [0.25, 0.3) is 5.91 Å². The maximum Gasteiger partial charge on any atom is 0.276 e. The molecule has 0 bridgehead atoms. The van der Waals surface area contributed by atoms with E-state index in [0.717, 1.165) is 11.1 Å². The summed E-state index contributed by atoms with van der Waals surface area (Å²) in [7, 11) is 1.61. The summed E-state index contributed by atoms with van der Waals surface area (Å²) >= 11 is 0. The zero-order chi connectivity index (χ0) is 26.3. The Morgan fingerprint density at radius 3 is 2.43 bits per heavy atom. The molecule has 0 radical (unpaired) electrons. The third kappa shape index (κ3) is 4.64. The fourth-order valence-electron chi connectivity index (χ4n) is 4.29. The van der Waals surface area contributed by atoms with E-state index < -0.39 is 11.8 Å². The van der Waals surface area contributed by atoms with Crippen molar-refractivity contribution in [1.82, 2.24) is 14.3 Å². The zero-order valence-corrected chi connectivity index (χ0v) is 20.3. The predicted molar refractivity (Wildman–Crippen MR) is 138 cm³/mol. The Hall–Kier alpha value is -4.99. The lowest BCUT2D eigenvalue weighted by Crippen LogP contribution is -2.52.